The van der Waals surface area contributed by atoms with Crippen molar-refractivity contribution in [2.24, 2.45) is 0 Å². The van der Waals surface area contributed by atoms with Gasteiger partial charge in [-0.2, -0.15) is 4.65 Å². The Bertz CT molecular complexity index is 65.3. The second-order valence-corrected chi connectivity index (χ2v) is 2.84. The molecule has 0 heterocycles. The fraction of sp³-hybridized carbons (Fsp3) is 1.00. The number of quaternary nitrogens is 1. The van der Waals surface area contributed by atoms with Crippen molar-refractivity contribution in [3.63, 3.8) is 0 Å². The zero-order valence-corrected chi connectivity index (χ0v) is 6.05. The molecule has 0 bridgehead atoms. The summed E-state index contributed by atoms with van der Waals surface area (Å²) in [6.07, 6.45) is 0. The highest BCUT2D eigenvalue weighted by atomic mass is 16.5. The molecule has 0 spiro atoms. The van der Waals surface area contributed by atoms with Crippen molar-refractivity contribution in [1.82, 2.24) is 4.90 Å². The van der Waals surface area contributed by atoms with Crippen LogP contribution in [0.2, 0.25) is 0 Å². The number of rotatable bonds is 2. The number of nitrogens with zero attached hydrogens (tertiary/aromatic N) is 2. The molecule has 0 fully saturated rings. The number of hydrogen-bond donors (Lipinski definition) is 1. The quantitative estimate of drug-likeness (QED) is 0.313. The molecule has 0 aromatic heterocycles. The molecule has 0 radical (unpaired) electrons. The largest absolute Gasteiger partial charge is 0.260 e. The Morgan fingerprint density at radius 3 is 1.75 bits per heavy atom. The third-order valence-electron chi connectivity index (χ3n) is 0.629. The van der Waals surface area contributed by atoms with E-state index in [1.165, 1.54) is 0 Å². The molecule has 0 amide bonds. The first-order chi connectivity index (χ1) is 3.42. The van der Waals surface area contributed by atoms with Crippen LogP contribution in [0.3, 0.4) is 0 Å². The van der Waals surface area contributed by atoms with Crippen LogP contribution >= 0.6 is 0 Å². The second kappa shape index (κ2) is 2.44. The molecule has 1 N–H and O–H groups in total. The number of hydrogen-bond acceptors (Lipinski definition) is 2. The lowest BCUT2D eigenvalue weighted by atomic mass is 10.7. The lowest BCUT2D eigenvalue weighted by Crippen LogP contribution is -2.42. The van der Waals surface area contributed by atoms with Gasteiger partial charge < -0.3 is 0 Å². The molecule has 3 heteroatoms. The lowest BCUT2D eigenvalue weighted by Gasteiger charge is -2.22. The SMILES string of the molecule is CN(C)C[N+](C)(C)O. The summed E-state index contributed by atoms with van der Waals surface area (Å²) in [6, 6.07) is 0. The second-order valence-electron chi connectivity index (χ2n) is 2.84. The van der Waals surface area contributed by atoms with Crippen molar-refractivity contribution in [2.45, 2.75) is 0 Å². The van der Waals surface area contributed by atoms with Gasteiger partial charge >= 0.3 is 0 Å². The predicted molar refractivity (Wildman–Crippen MR) is 32.4 cm³/mol. The maximum Gasteiger partial charge on any atom is 0.164 e. The maximum atomic E-state index is 9.08. The molecular formula is C5H15N2O+. The molecule has 0 saturated heterocycles. The Balaban J connectivity index is 3.39. The Morgan fingerprint density at radius 2 is 1.75 bits per heavy atom. The molecule has 0 aliphatic carbocycles. The zero-order chi connectivity index (χ0) is 6.78. The highest BCUT2D eigenvalue weighted by molar-refractivity contribution is 4.21. The topological polar surface area (TPSA) is 23.5 Å². The van der Waals surface area contributed by atoms with Crippen molar-refractivity contribution < 1.29 is 9.85 Å². The van der Waals surface area contributed by atoms with E-state index in [2.05, 4.69) is 0 Å². The third-order valence-corrected chi connectivity index (χ3v) is 0.629. The van der Waals surface area contributed by atoms with Crippen LogP contribution in [0.5, 0.6) is 0 Å². The van der Waals surface area contributed by atoms with E-state index in [4.69, 9.17) is 5.21 Å². The van der Waals surface area contributed by atoms with E-state index in [0.29, 0.717) is 6.67 Å². The van der Waals surface area contributed by atoms with Crippen LogP contribution in [0.1, 0.15) is 0 Å². The molecule has 0 aromatic rings. The summed E-state index contributed by atoms with van der Waals surface area (Å²) in [7, 11) is 7.33. The van der Waals surface area contributed by atoms with Crippen LogP contribution in [-0.4, -0.2) is 49.6 Å². The molecule has 0 aromatic carbocycles. The van der Waals surface area contributed by atoms with Crippen LogP contribution in [0.4, 0.5) is 0 Å². The normalized spacial score (nSPS) is 12.8. The third kappa shape index (κ3) is 5.88. The van der Waals surface area contributed by atoms with E-state index in [-0.39, 0.29) is 4.65 Å². The van der Waals surface area contributed by atoms with Gasteiger partial charge in [0, 0.05) is 0 Å². The lowest BCUT2D eigenvalue weighted by molar-refractivity contribution is -1.08. The Morgan fingerprint density at radius 1 is 1.38 bits per heavy atom. The molecule has 0 aliphatic heterocycles. The smallest absolute Gasteiger partial charge is 0.164 e. The van der Waals surface area contributed by atoms with Crippen LogP contribution in [-0.2, 0) is 0 Å². The van der Waals surface area contributed by atoms with Gasteiger partial charge in [-0.3, -0.25) is 4.90 Å². The molecule has 3 nitrogen and oxygen atoms in total. The van der Waals surface area contributed by atoms with Crippen molar-refractivity contribution >= 4 is 0 Å². The number of hydroxylamine groups is 3. The van der Waals surface area contributed by atoms with Gasteiger partial charge in [-0.1, -0.05) is 0 Å². The molecule has 0 rings (SSSR count). The Hall–Kier alpha value is -0.120. The average molecular weight is 119 g/mol. The summed E-state index contributed by atoms with van der Waals surface area (Å²) in [5, 5.41) is 9.08. The van der Waals surface area contributed by atoms with Crippen molar-refractivity contribution in [3.8, 4) is 0 Å². The summed E-state index contributed by atoms with van der Waals surface area (Å²) in [4.78, 5) is 1.93. The van der Waals surface area contributed by atoms with Gasteiger partial charge in [0.2, 0.25) is 0 Å². The predicted octanol–water partition coefficient (Wildman–Crippen LogP) is -0.0289. The summed E-state index contributed by atoms with van der Waals surface area (Å²) in [6.45, 7) is 0.653. The van der Waals surface area contributed by atoms with Gasteiger partial charge in [0.05, 0.1) is 14.1 Å². The Kier molecular flexibility index (Phi) is 2.40. The minimum absolute atomic E-state index is 0.00694. The fourth-order valence-electron chi connectivity index (χ4n) is 0.692. The minimum Gasteiger partial charge on any atom is -0.260 e. The highest BCUT2D eigenvalue weighted by Crippen LogP contribution is 1.88. The average Bonchev–Trinajstić information content (AvgIpc) is 1.21. The van der Waals surface area contributed by atoms with Crippen molar-refractivity contribution in [2.75, 3.05) is 34.9 Å². The molecule has 8 heavy (non-hydrogen) atoms. The van der Waals surface area contributed by atoms with E-state index in [1.807, 2.05) is 19.0 Å². The highest BCUT2D eigenvalue weighted by Gasteiger charge is 2.09. The summed E-state index contributed by atoms with van der Waals surface area (Å²) < 4.78 is 0.00694. The van der Waals surface area contributed by atoms with E-state index in [1.54, 1.807) is 14.1 Å². The van der Waals surface area contributed by atoms with E-state index < -0.39 is 0 Å². The monoisotopic (exact) mass is 119 g/mol. The molecular weight excluding hydrogens is 104 g/mol. The molecule has 0 saturated carbocycles. The van der Waals surface area contributed by atoms with Crippen LogP contribution in [0.25, 0.3) is 0 Å². The minimum atomic E-state index is 0.00694. The van der Waals surface area contributed by atoms with E-state index >= 15 is 0 Å². The first-order valence-corrected chi connectivity index (χ1v) is 2.62. The van der Waals surface area contributed by atoms with Crippen molar-refractivity contribution in [1.29, 1.82) is 0 Å². The van der Waals surface area contributed by atoms with Crippen LogP contribution in [0.15, 0.2) is 0 Å². The maximum absolute atomic E-state index is 9.08. The first kappa shape index (κ1) is 7.88. The molecule has 0 aliphatic rings. The summed E-state index contributed by atoms with van der Waals surface area (Å²) >= 11 is 0. The first-order valence-electron chi connectivity index (χ1n) is 2.62. The fourth-order valence-corrected chi connectivity index (χ4v) is 0.692. The summed E-state index contributed by atoms with van der Waals surface area (Å²) in [5.41, 5.74) is 0. The molecule has 50 valence electrons. The van der Waals surface area contributed by atoms with Gasteiger partial charge in [-0.05, 0) is 14.1 Å². The van der Waals surface area contributed by atoms with Gasteiger partial charge in [0.15, 0.2) is 6.67 Å². The van der Waals surface area contributed by atoms with Crippen molar-refractivity contribution in [3.05, 3.63) is 0 Å². The Labute approximate surface area is 50.7 Å². The standard InChI is InChI=1S/C5H15N2O/c1-6(2)5-7(3,4)8/h8H,5H2,1-4H3/q+1. The van der Waals surface area contributed by atoms with E-state index in [0.717, 1.165) is 0 Å². The zero-order valence-electron chi connectivity index (χ0n) is 6.05. The molecule has 0 unspecified atom stereocenters. The van der Waals surface area contributed by atoms with E-state index in [9.17, 15) is 0 Å². The summed E-state index contributed by atoms with van der Waals surface area (Å²) in [5.74, 6) is 0. The van der Waals surface area contributed by atoms with Gasteiger partial charge in [-0.15, -0.1) is 0 Å². The molecule has 0 atom stereocenters. The van der Waals surface area contributed by atoms with Gasteiger partial charge in [0.1, 0.15) is 0 Å². The van der Waals surface area contributed by atoms with Crippen LogP contribution < -0.4 is 0 Å². The van der Waals surface area contributed by atoms with Gasteiger partial charge in [0.25, 0.3) is 0 Å². The van der Waals surface area contributed by atoms with Crippen LogP contribution in [0, 0.1) is 0 Å². The van der Waals surface area contributed by atoms with Gasteiger partial charge in [-0.25, -0.2) is 5.21 Å².